The molecule has 0 amide bonds. The summed E-state index contributed by atoms with van der Waals surface area (Å²) in [5.74, 6) is 5.35. The molecule has 0 saturated heterocycles. The molecule has 20 rings (SSSR count). The quantitative estimate of drug-likeness (QED) is 0.156. The lowest BCUT2D eigenvalue weighted by Crippen LogP contribution is -2.56. The zero-order valence-electron chi connectivity index (χ0n) is 44.3. The molecule has 8 saturated carbocycles. The predicted octanol–water partition coefficient (Wildman–Crippen LogP) is 18.1. The third-order valence-electron chi connectivity index (χ3n) is 21.8. The second kappa shape index (κ2) is 15.2. The van der Waals surface area contributed by atoms with Crippen LogP contribution < -0.4 is 15.8 Å². The molecule has 2 aliphatic heterocycles. The molecule has 10 aromatic rings. The molecule has 8 fully saturated rings. The Kier molecular flexibility index (Phi) is 8.76. The molecule has 4 heterocycles. The molecule has 0 N–H and O–H groups in total. The average Bonchev–Trinajstić information content (AvgIpc) is 4.17. The topological polar surface area (TPSA) is 8.17 Å². The van der Waals surface area contributed by atoms with Gasteiger partial charge in [-0.2, -0.15) is 0 Å². The van der Waals surface area contributed by atoms with Crippen LogP contribution in [0.5, 0.6) is 0 Å². The van der Waals surface area contributed by atoms with Crippen LogP contribution in [0, 0.1) is 35.5 Å². The first-order valence-corrected chi connectivity index (χ1v) is 30.2. The first kappa shape index (κ1) is 43.7. The van der Waals surface area contributed by atoms with Gasteiger partial charge in [-0.1, -0.05) is 118 Å². The van der Waals surface area contributed by atoms with Gasteiger partial charge < -0.3 is 9.38 Å². The highest BCUT2D eigenvalue weighted by atomic mass is 32.1. The maximum absolute atomic E-state index is 2.92. The van der Waals surface area contributed by atoms with Crippen molar-refractivity contribution in [1.29, 1.82) is 0 Å². The highest BCUT2D eigenvalue weighted by Gasteiger charge is 2.54. The van der Waals surface area contributed by atoms with Gasteiger partial charge in [0, 0.05) is 43.3 Å². The van der Waals surface area contributed by atoms with E-state index in [2.05, 4.69) is 188 Å². The van der Waals surface area contributed by atoms with E-state index in [1.807, 2.05) is 11.3 Å². The summed E-state index contributed by atoms with van der Waals surface area (Å²) in [6.07, 6.45) is 17.1. The number of anilines is 3. The van der Waals surface area contributed by atoms with Crippen LogP contribution in [0.15, 0.2) is 158 Å². The van der Waals surface area contributed by atoms with Gasteiger partial charge in [-0.05, 0) is 255 Å². The first-order valence-electron chi connectivity index (χ1n) is 29.4. The van der Waals surface area contributed by atoms with Gasteiger partial charge in [0.05, 0.1) is 10.7 Å². The van der Waals surface area contributed by atoms with Gasteiger partial charge in [0.25, 0.3) is 0 Å². The molecule has 0 unspecified atom stereocenters. The van der Waals surface area contributed by atoms with Gasteiger partial charge >= 0.3 is 6.85 Å². The second-order valence-corrected chi connectivity index (χ2v) is 28.4. The van der Waals surface area contributed by atoms with Gasteiger partial charge in [0.15, 0.2) is 0 Å². The number of fused-ring (bicyclic) bond motifs is 10. The fourth-order valence-corrected chi connectivity index (χ4v) is 20.7. The van der Waals surface area contributed by atoms with E-state index in [1.165, 1.54) is 186 Å². The molecule has 8 aliphatic carbocycles. The minimum absolute atomic E-state index is 0.0150. The molecule has 2 aromatic heterocycles. The van der Waals surface area contributed by atoms with E-state index in [0.29, 0.717) is 5.41 Å². The van der Waals surface area contributed by atoms with Gasteiger partial charge in [-0.3, -0.25) is 0 Å². The van der Waals surface area contributed by atoms with Crippen molar-refractivity contribution in [1.82, 2.24) is 4.48 Å². The number of hydrogen-bond acceptors (Lipinski definition) is 2. The predicted molar refractivity (Wildman–Crippen MR) is 322 cm³/mol. The lowest BCUT2D eigenvalue weighted by Gasteiger charge is -2.57. The van der Waals surface area contributed by atoms with Gasteiger partial charge in [-0.25, -0.2) is 0 Å². The monoisotopic (exact) mass is 1000 g/mol. The zero-order valence-corrected chi connectivity index (χ0v) is 45.2. The highest BCUT2D eigenvalue weighted by Crippen LogP contribution is 2.64. The summed E-state index contributed by atoms with van der Waals surface area (Å²) in [6.45, 7) is 7.06. The Hall–Kier alpha value is -6.36. The van der Waals surface area contributed by atoms with Crippen molar-refractivity contribution in [3.8, 4) is 33.4 Å². The molecular formula is C72H65BN2S. The van der Waals surface area contributed by atoms with Crippen LogP contribution in [-0.2, 0) is 16.2 Å². The van der Waals surface area contributed by atoms with E-state index >= 15 is 0 Å². The summed E-state index contributed by atoms with van der Waals surface area (Å²) in [5.41, 5.74) is 21.6. The van der Waals surface area contributed by atoms with Crippen LogP contribution in [-0.4, -0.2) is 11.3 Å². The van der Waals surface area contributed by atoms with E-state index in [9.17, 15) is 0 Å². The molecule has 2 nitrogen and oxygen atoms in total. The fourth-order valence-electron chi connectivity index (χ4n) is 19.4. The summed E-state index contributed by atoms with van der Waals surface area (Å²) >= 11 is 2.01. The summed E-state index contributed by atoms with van der Waals surface area (Å²) in [4.78, 5) is 2.75. The van der Waals surface area contributed by atoms with Crippen molar-refractivity contribution in [3.05, 3.63) is 174 Å². The van der Waals surface area contributed by atoms with Crippen molar-refractivity contribution in [2.24, 2.45) is 35.5 Å². The molecular weight excluding hydrogens is 936 g/mol. The van der Waals surface area contributed by atoms with Gasteiger partial charge in [-0.15, -0.1) is 11.3 Å². The smallest absolute Gasteiger partial charge is 0.334 e. The summed E-state index contributed by atoms with van der Waals surface area (Å²) in [6, 6.07) is 63.1. The first-order chi connectivity index (χ1) is 37.1. The van der Waals surface area contributed by atoms with Crippen LogP contribution in [0.3, 0.4) is 0 Å². The molecule has 0 atom stereocenters. The fraction of sp³-hybridized carbons (Fsp3) is 0.333. The number of hydrogen-bond donors (Lipinski definition) is 0. The molecule has 372 valence electrons. The van der Waals surface area contributed by atoms with Crippen molar-refractivity contribution < 1.29 is 0 Å². The number of thiophene rings is 1. The molecule has 0 spiro atoms. The Labute approximate surface area is 452 Å². The average molecular weight is 1000 g/mol. The maximum Gasteiger partial charge on any atom is 0.334 e. The van der Waals surface area contributed by atoms with Crippen molar-refractivity contribution in [2.45, 2.75) is 114 Å². The van der Waals surface area contributed by atoms with E-state index < -0.39 is 0 Å². The third kappa shape index (κ3) is 6.06. The molecule has 8 bridgehead atoms. The van der Waals surface area contributed by atoms with Crippen LogP contribution in [0.25, 0.3) is 76.0 Å². The van der Waals surface area contributed by atoms with Gasteiger partial charge in [0.2, 0.25) is 0 Å². The highest BCUT2D eigenvalue weighted by molar-refractivity contribution is 7.26. The third-order valence-corrected chi connectivity index (χ3v) is 22.9. The normalized spacial score (nSPS) is 27.4. The molecule has 10 aliphatic rings. The van der Waals surface area contributed by atoms with Crippen LogP contribution in [0.4, 0.5) is 16.4 Å². The number of aromatic nitrogens is 1. The Balaban J connectivity index is 0.983. The van der Waals surface area contributed by atoms with E-state index in [1.54, 1.807) is 11.1 Å². The van der Waals surface area contributed by atoms with E-state index in [0.717, 1.165) is 35.5 Å². The van der Waals surface area contributed by atoms with E-state index in [-0.39, 0.29) is 17.7 Å². The molecule has 8 aromatic carbocycles. The maximum atomic E-state index is 2.92. The minimum Gasteiger partial charge on any atom is -0.375 e. The van der Waals surface area contributed by atoms with Crippen LogP contribution in [0.2, 0.25) is 0 Å². The van der Waals surface area contributed by atoms with Crippen molar-refractivity contribution in [3.63, 3.8) is 0 Å². The Morgan fingerprint density at radius 1 is 0.461 bits per heavy atom. The lowest BCUT2D eigenvalue weighted by atomic mass is 9.45. The lowest BCUT2D eigenvalue weighted by molar-refractivity contribution is -0.00527. The molecule has 76 heavy (non-hydrogen) atoms. The van der Waals surface area contributed by atoms with E-state index in [4.69, 9.17) is 0 Å². The van der Waals surface area contributed by atoms with Crippen molar-refractivity contribution >= 4 is 88.2 Å². The summed E-state index contributed by atoms with van der Waals surface area (Å²) < 4.78 is 4.28. The molecule has 4 heteroatoms. The summed E-state index contributed by atoms with van der Waals surface area (Å²) in [7, 11) is 0. The Morgan fingerprint density at radius 2 is 1.05 bits per heavy atom. The second-order valence-electron chi connectivity index (χ2n) is 27.3. The number of nitrogens with zero attached hydrogens (tertiary/aromatic N) is 2. The van der Waals surface area contributed by atoms with Crippen molar-refractivity contribution in [2.75, 3.05) is 4.90 Å². The zero-order chi connectivity index (χ0) is 50.0. The van der Waals surface area contributed by atoms with Gasteiger partial charge in [0.1, 0.15) is 0 Å². The van der Waals surface area contributed by atoms with Crippen LogP contribution in [0.1, 0.15) is 115 Å². The standard InChI is InChI=1S/C72H65BN2S/c1-70(2,3)53-18-20-62(56(32-53)49-14-8-5-9-15-49)74-64-30-52(48-12-6-4-7-13-48)29-58-60-35-55(72-39-45-25-46(40-72)27-47(26-45)41-72)34-59-57-33-54(71-36-42-22-43(37-71)24-44(23-42)38-71)19-21-63(57)75(68(59)60)73(66(58)64)67-61-28-50-16-10-11-17-51(50)31-65(61)76-69(67)74/h4-21,28-35,42-47H,22-27,36-41H2,1-3H3. The molecule has 0 radical (unpaired) electrons. The summed E-state index contributed by atoms with van der Waals surface area (Å²) in [5, 5.41) is 8.37. The van der Waals surface area contributed by atoms with Crippen LogP contribution >= 0.6 is 11.3 Å². The Morgan fingerprint density at radius 3 is 1.70 bits per heavy atom. The largest absolute Gasteiger partial charge is 0.375 e. The number of benzene rings is 8. The number of rotatable bonds is 5. The SMILES string of the molecule is CC(C)(C)c1ccc(N2c3cc(-c4ccccc4)cc4c3B(c3c2sc2cc5ccccc5cc32)n2c3ccc(C56CC7CC(CC(C7)C5)C6)cc3c3cc(C56CC7CC(CC(C7)C5)C6)cc-4c32)c(-c2ccccc2)c1. The minimum atomic E-state index is -0.0201. The Bertz CT molecular complexity index is 4060.